The maximum Gasteiger partial charge on any atom is 0.110 e. The molecule has 2 heteroatoms. The Kier molecular flexibility index (Phi) is 5.47. The molecular weight excluding hydrogens is 347 g/mol. The van der Waals surface area contributed by atoms with Crippen LogP contribution >= 0.6 is 23.0 Å². The number of hydrogen-bond donors (Lipinski definition) is 0. The molecule has 0 aromatic rings. The van der Waals surface area contributed by atoms with Crippen molar-refractivity contribution in [3.63, 3.8) is 0 Å². The van der Waals surface area contributed by atoms with Crippen LogP contribution in [0.5, 0.6) is 0 Å². The Balaban J connectivity index is 1.42. The van der Waals surface area contributed by atoms with Crippen molar-refractivity contribution < 1.29 is 3.07 Å². The monoisotopic (exact) mass is 376 g/mol. The standard InChI is InChI=1S/C17H29IO/c18-19-17-11-9-16(10-12-17)15-7-5-14(6-8-15)13-3-1-2-4-13/h13-17H,1-12H2. The zero-order valence-corrected chi connectivity index (χ0v) is 14.3. The Hall–Kier alpha value is 0.690. The molecule has 0 unspecified atom stereocenters. The smallest absolute Gasteiger partial charge is 0.110 e. The summed E-state index contributed by atoms with van der Waals surface area (Å²) in [5.74, 6) is 4.32. The second-order valence-corrected chi connectivity index (χ2v) is 7.85. The third-order valence-corrected chi connectivity index (χ3v) is 7.11. The van der Waals surface area contributed by atoms with E-state index in [1.807, 2.05) is 0 Å². The van der Waals surface area contributed by atoms with Gasteiger partial charge in [-0.25, -0.2) is 0 Å². The first kappa shape index (κ1) is 14.6. The molecule has 19 heavy (non-hydrogen) atoms. The molecule has 0 bridgehead atoms. The Morgan fingerprint density at radius 3 is 1.32 bits per heavy atom. The first-order chi connectivity index (χ1) is 9.36. The van der Waals surface area contributed by atoms with Gasteiger partial charge in [0.15, 0.2) is 0 Å². The van der Waals surface area contributed by atoms with Crippen LogP contribution in [-0.2, 0) is 3.07 Å². The van der Waals surface area contributed by atoms with Crippen LogP contribution in [0.1, 0.15) is 77.0 Å². The van der Waals surface area contributed by atoms with Crippen LogP contribution in [0.3, 0.4) is 0 Å². The fraction of sp³-hybridized carbons (Fsp3) is 1.00. The minimum atomic E-state index is 0.562. The van der Waals surface area contributed by atoms with Gasteiger partial charge in [0.05, 0.1) is 6.10 Å². The highest BCUT2D eigenvalue weighted by Crippen LogP contribution is 2.45. The van der Waals surface area contributed by atoms with E-state index in [0.29, 0.717) is 6.10 Å². The Morgan fingerprint density at radius 1 is 0.526 bits per heavy atom. The highest BCUT2D eigenvalue weighted by atomic mass is 127. The highest BCUT2D eigenvalue weighted by molar-refractivity contribution is 14.1. The van der Waals surface area contributed by atoms with Crippen molar-refractivity contribution in [2.45, 2.75) is 83.2 Å². The maximum atomic E-state index is 5.48. The third-order valence-electron chi connectivity index (χ3n) is 6.39. The van der Waals surface area contributed by atoms with Crippen LogP contribution < -0.4 is 0 Å². The zero-order chi connectivity index (χ0) is 13.1. The van der Waals surface area contributed by atoms with Gasteiger partial charge < -0.3 is 3.07 Å². The average Bonchev–Trinajstić information content (AvgIpc) is 3.02. The number of hydrogen-bond acceptors (Lipinski definition) is 1. The lowest BCUT2D eigenvalue weighted by Crippen LogP contribution is -2.29. The predicted molar refractivity (Wildman–Crippen MR) is 88.3 cm³/mol. The lowest BCUT2D eigenvalue weighted by atomic mass is 9.68. The Labute approximate surface area is 132 Å². The van der Waals surface area contributed by atoms with Gasteiger partial charge >= 0.3 is 0 Å². The molecule has 3 aliphatic rings. The van der Waals surface area contributed by atoms with Crippen molar-refractivity contribution in [1.82, 2.24) is 0 Å². The molecule has 0 spiro atoms. The molecule has 0 N–H and O–H groups in total. The summed E-state index contributed by atoms with van der Waals surface area (Å²) >= 11 is 2.09. The van der Waals surface area contributed by atoms with E-state index >= 15 is 0 Å². The summed E-state index contributed by atoms with van der Waals surface area (Å²) in [4.78, 5) is 0. The van der Waals surface area contributed by atoms with Crippen LogP contribution in [0, 0.1) is 23.7 Å². The lowest BCUT2D eigenvalue weighted by Gasteiger charge is -2.38. The number of halogens is 1. The average molecular weight is 376 g/mol. The molecule has 1 nitrogen and oxygen atoms in total. The van der Waals surface area contributed by atoms with Gasteiger partial charge in [-0.3, -0.25) is 0 Å². The molecule has 0 aromatic carbocycles. The fourth-order valence-electron chi connectivity index (χ4n) is 5.17. The van der Waals surface area contributed by atoms with E-state index in [4.69, 9.17) is 3.07 Å². The summed E-state index contributed by atoms with van der Waals surface area (Å²) in [6.45, 7) is 0. The van der Waals surface area contributed by atoms with E-state index in [-0.39, 0.29) is 0 Å². The molecule has 3 fully saturated rings. The van der Waals surface area contributed by atoms with Crippen LogP contribution in [0.25, 0.3) is 0 Å². The van der Waals surface area contributed by atoms with Crippen molar-refractivity contribution in [2.24, 2.45) is 23.7 Å². The third kappa shape index (κ3) is 3.66. The molecule has 3 aliphatic carbocycles. The largest absolute Gasteiger partial charge is 0.312 e. The summed E-state index contributed by atoms with van der Waals surface area (Å²) in [6.07, 6.45) is 18.4. The van der Waals surface area contributed by atoms with Gasteiger partial charge in [-0.05, 0) is 75.0 Å². The van der Waals surface area contributed by atoms with Crippen molar-refractivity contribution in [3.05, 3.63) is 0 Å². The number of rotatable bonds is 3. The fourth-order valence-corrected chi connectivity index (χ4v) is 5.67. The summed E-state index contributed by atoms with van der Waals surface area (Å²) in [6, 6.07) is 0. The second-order valence-electron chi connectivity index (χ2n) is 7.35. The van der Waals surface area contributed by atoms with E-state index in [9.17, 15) is 0 Å². The Morgan fingerprint density at radius 2 is 0.895 bits per heavy atom. The van der Waals surface area contributed by atoms with Crippen molar-refractivity contribution in [3.8, 4) is 0 Å². The molecule has 0 aromatic heterocycles. The minimum Gasteiger partial charge on any atom is -0.312 e. The first-order valence-electron chi connectivity index (χ1n) is 8.64. The molecule has 0 radical (unpaired) electrons. The van der Waals surface area contributed by atoms with Gasteiger partial charge in [0.25, 0.3) is 0 Å². The normalized spacial score (nSPS) is 41.5. The van der Waals surface area contributed by atoms with E-state index in [2.05, 4.69) is 23.0 Å². The van der Waals surface area contributed by atoms with Crippen molar-refractivity contribution in [2.75, 3.05) is 0 Å². The van der Waals surface area contributed by atoms with E-state index in [1.165, 1.54) is 38.5 Å². The van der Waals surface area contributed by atoms with Crippen LogP contribution in [0.2, 0.25) is 0 Å². The van der Waals surface area contributed by atoms with Crippen LogP contribution in [0.15, 0.2) is 0 Å². The summed E-state index contributed by atoms with van der Waals surface area (Å²) in [5.41, 5.74) is 0. The zero-order valence-electron chi connectivity index (χ0n) is 12.2. The summed E-state index contributed by atoms with van der Waals surface area (Å²) in [7, 11) is 0. The molecular formula is C17H29IO. The van der Waals surface area contributed by atoms with Gasteiger partial charge in [0, 0.05) is 0 Å². The van der Waals surface area contributed by atoms with E-state index in [0.717, 1.165) is 23.7 Å². The summed E-state index contributed by atoms with van der Waals surface area (Å²) < 4.78 is 5.48. The maximum absolute atomic E-state index is 5.48. The predicted octanol–water partition coefficient (Wildman–Crippen LogP) is 5.91. The molecule has 0 atom stereocenters. The van der Waals surface area contributed by atoms with Crippen LogP contribution in [-0.4, -0.2) is 6.10 Å². The molecule has 0 saturated heterocycles. The minimum absolute atomic E-state index is 0.562. The second kappa shape index (κ2) is 7.11. The van der Waals surface area contributed by atoms with Gasteiger partial charge in [-0.15, -0.1) is 0 Å². The van der Waals surface area contributed by atoms with Gasteiger partial charge in [0.1, 0.15) is 23.0 Å². The van der Waals surface area contributed by atoms with Crippen molar-refractivity contribution in [1.29, 1.82) is 0 Å². The summed E-state index contributed by atoms with van der Waals surface area (Å²) in [5, 5.41) is 0. The topological polar surface area (TPSA) is 9.23 Å². The van der Waals surface area contributed by atoms with Crippen molar-refractivity contribution >= 4 is 23.0 Å². The molecule has 0 aliphatic heterocycles. The van der Waals surface area contributed by atoms with Gasteiger partial charge in [-0.1, -0.05) is 25.7 Å². The Bertz CT molecular complexity index is 258. The first-order valence-corrected chi connectivity index (χ1v) is 9.52. The van der Waals surface area contributed by atoms with Crippen LogP contribution in [0.4, 0.5) is 0 Å². The molecule has 3 saturated carbocycles. The molecule has 110 valence electrons. The molecule has 3 rings (SSSR count). The molecule has 0 heterocycles. The lowest BCUT2D eigenvalue weighted by molar-refractivity contribution is 0.105. The van der Waals surface area contributed by atoms with E-state index in [1.54, 1.807) is 38.5 Å². The quantitative estimate of drug-likeness (QED) is 0.557. The van der Waals surface area contributed by atoms with Gasteiger partial charge in [0.2, 0.25) is 0 Å². The van der Waals surface area contributed by atoms with Gasteiger partial charge in [-0.2, -0.15) is 0 Å². The highest BCUT2D eigenvalue weighted by Gasteiger charge is 2.34. The molecule has 0 amide bonds. The SMILES string of the molecule is IOC1CCC(C2CCC(C3CCCC3)CC2)CC1. The van der Waals surface area contributed by atoms with E-state index < -0.39 is 0 Å².